The van der Waals surface area contributed by atoms with E-state index in [-0.39, 0.29) is 17.2 Å². The zero-order chi connectivity index (χ0) is 13.0. The molecule has 2 rings (SSSR count). The number of ether oxygens (including phenoxy) is 1. The standard InChI is InChI=1S/C12H17ClN2O3/c1-9(8-15-3-6-17-7-4-15)14-12(16)10-2-5-18-11(10)13/h2,5,9H,3-4,6-8H2,1H3,(H,14,16). The summed E-state index contributed by atoms with van der Waals surface area (Å²) in [4.78, 5) is 14.1. The zero-order valence-electron chi connectivity index (χ0n) is 10.3. The SMILES string of the molecule is CC(CN1CCOCC1)NC(=O)c1ccoc1Cl. The van der Waals surface area contributed by atoms with Gasteiger partial charge in [0.2, 0.25) is 5.22 Å². The smallest absolute Gasteiger partial charge is 0.256 e. The van der Waals surface area contributed by atoms with Crippen LogP contribution in [0.4, 0.5) is 0 Å². The van der Waals surface area contributed by atoms with Crippen LogP contribution in [-0.4, -0.2) is 49.7 Å². The normalized spacial score (nSPS) is 18.6. The second-order valence-electron chi connectivity index (χ2n) is 4.40. The minimum atomic E-state index is -0.200. The van der Waals surface area contributed by atoms with Crippen molar-refractivity contribution in [3.05, 3.63) is 23.1 Å². The summed E-state index contributed by atoms with van der Waals surface area (Å²) in [5.41, 5.74) is 0.380. The Hall–Kier alpha value is -1.04. The molecule has 1 aliphatic rings. The second kappa shape index (κ2) is 6.22. The molecule has 1 aliphatic heterocycles. The molecule has 1 amide bonds. The molecule has 1 atom stereocenters. The molecule has 0 spiro atoms. The van der Waals surface area contributed by atoms with Gasteiger partial charge in [-0.05, 0) is 24.6 Å². The highest BCUT2D eigenvalue weighted by Gasteiger charge is 2.18. The minimum Gasteiger partial charge on any atom is -0.452 e. The molecule has 0 aromatic carbocycles. The van der Waals surface area contributed by atoms with Crippen molar-refractivity contribution in [2.45, 2.75) is 13.0 Å². The van der Waals surface area contributed by atoms with Gasteiger partial charge in [-0.15, -0.1) is 0 Å². The number of carbonyl (C=O) groups excluding carboxylic acids is 1. The number of nitrogens with one attached hydrogen (secondary N) is 1. The highest BCUT2D eigenvalue weighted by molar-refractivity contribution is 6.32. The molecule has 100 valence electrons. The maximum absolute atomic E-state index is 11.9. The van der Waals surface area contributed by atoms with Crippen LogP contribution < -0.4 is 5.32 Å². The van der Waals surface area contributed by atoms with Gasteiger partial charge < -0.3 is 14.5 Å². The Labute approximate surface area is 111 Å². The molecule has 1 N–H and O–H groups in total. The van der Waals surface area contributed by atoms with E-state index in [1.54, 1.807) is 6.07 Å². The topological polar surface area (TPSA) is 54.7 Å². The van der Waals surface area contributed by atoms with Gasteiger partial charge in [-0.25, -0.2) is 0 Å². The summed E-state index contributed by atoms with van der Waals surface area (Å²) in [6.07, 6.45) is 1.41. The van der Waals surface area contributed by atoms with Gasteiger partial charge in [0.1, 0.15) is 0 Å². The number of rotatable bonds is 4. The Bertz CT molecular complexity index is 402. The molecule has 0 aliphatic carbocycles. The van der Waals surface area contributed by atoms with E-state index in [2.05, 4.69) is 10.2 Å². The molecule has 0 saturated carbocycles. The van der Waals surface area contributed by atoms with Gasteiger partial charge in [-0.3, -0.25) is 9.69 Å². The molecule has 0 radical (unpaired) electrons. The van der Waals surface area contributed by atoms with Crippen molar-refractivity contribution in [1.82, 2.24) is 10.2 Å². The maximum atomic E-state index is 11.9. The summed E-state index contributed by atoms with van der Waals surface area (Å²) in [7, 11) is 0. The third kappa shape index (κ3) is 3.48. The number of nitrogens with zero attached hydrogens (tertiary/aromatic N) is 1. The fourth-order valence-corrected chi connectivity index (χ4v) is 2.17. The molecule has 2 heterocycles. The van der Waals surface area contributed by atoms with Gasteiger partial charge in [0.15, 0.2) is 0 Å². The molecule has 1 saturated heterocycles. The summed E-state index contributed by atoms with van der Waals surface area (Å²) in [6.45, 7) is 6.12. The van der Waals surface area contributed by atoms with Crippen molar-refractivity contribution in [3.8, 4) is 0 Å². The zero-order valence-corrected chi connectivity index (χ0v) is 11.1. The lowest BCUT2D eigenvalue weighted by Gasteiger charge is -2.29. The minimum absolute atomic E-state index is 0.0570. The summed E-state index contributed by atoms with van der Waals surface area (Å²) in [5.74, 6) is -0.200. The molecule has 5 nitrogen and oxygen atoms in total. The van der Waals surface area contributed by atoms with Gasteiger partial charge in [0.25, 0.3) is 5.91 Å². The van der Waals surface area contributed by atoms with E-state index in [1.165, 1.54) is 6.26 Å². The summed E-state index contributed by atoms with van der Waals surface area (Å²) in [6, 6.07) is 1.63. The largest absolute Gasteiger partial charge is 0.452 e. The van der Waals surface area contributed by atoms with Gasteiger partial charge in [0.05, 0.1) is 25.0 Å². The predicted molar refractivity (Wildman–Crippen MR) is 67.9 cm³/mol. The fourth-order valence-electron chi connectivity index (χ4n) is 1.97. The first-order valence-corrected chi connectivity index (χ1v) is 6.38. The Balaban J connectivity index is 1.81. The molecular weight excluding hydrogens is 256 g/mol. The van der Waals surface area contributed by atoms with E-state index in [0.717, 1.165) is 32.8 Å². The second-order valence-corrected chi connectivity index (χ2v) is 4.74. The third-order valence-corrected chi connectivity index (χ3v) is 3.17. The van der Waals surface area contributed by atoms with E-state index in [0.29, 0.717) is 5.56 Å². The van der Waals surface area contributed by atoms with Gasteiger partial charge in [-0.1, -0.05) is 0 Å². The Morgan fingerprint density at radius 1 is 1.56 bits per heavy atom. The lowest BCUT2D eigenvalue weighted by Crippen LogP contribution is -2.46. The number of carbonyl (C=O) groups is 1. The average Bonchev–Trinajstić information content (AvgIpc) is 2.76. The van der Waals surface area contributed by atoms with Crippen LogP contribution in [0.25, 0.3) is 0 Å². The third-order valence-electron chi connectivity index (χ3n) is 2.88. The van der Waals surface area contributed by atoms with Gasteiger partial charge >= 0.3 is 0 Å². The number of morpholine rings is 1. The van der Waals surface area contributed by atoms with Crippen molar-refractivity contribution < 1.29 is 13.9 Å². The van der Waals surface area contributed by atoms with Crippen molar-refractivity contribution >= 4 is 17.5 Å². The average molecular weight is 273 g/mol. The van der Waals surface area contributed by atoms with Crippen molar-refractivity contribution in [1.29, 1.82) is 0 Å². The van der Waals surface area contributed by atoms with E-state index in [4.69, 9.17) is 20.8 Å². The molecular formula is C12H17ClN2O3. The van der Waals surface area contributed by atoms with Crippen LogP contribution in [0.5, 0.6) is 0 Å². The Morgan fingerprint density at radius 3 is 2.89 bits per heavy atom. The molecule has 1 aromatic heterocycles. The van der Waals surface area contributed by atoms with E-state index >= 15 is 0 Å². The highest BCUT2D eigenvalue weighted by atomic mass is 35.5. The first kappa shape index (κ1) is 13.4. The molecule has 0 bridgehead atoms. The van der Waals surface area contributed by atoms with Crippen LogP contribution in [0.2, 0.25) is 5.22 Å². The Kier molecular flexibility index (Phi) is 4.63. The summed E-state index contributed by atoms with van der Waals surface area (Å²) >= 11 is 5.76. The van der Waals surface area contributed by atoms with E-state index in [9.17, 15) is 4.79 Å². The number of halogens is 1. The molecule has 18 heavy (non-hydrogen) atoms. The summed E-state index contributed by atoms with van der Waals surface area (Å²) < 4.78 is 10.2. The summed E-state index contributed by atoms with van der Waals surface area (Å²) in [5, 5.41) is 3.04. The van der Waals surface area contributed by atoms with E-state index in [1.807, 2.05) is 6.92 Å². The number of amides is 1. The van der Waals surface area contributed by atoms with Crippen molar-refractivity contribution in [2.75, 3.05) is 32.8 Å². The van der Waals surface area contributed by atoms with Crippen molar-refractivity contribution in [3.63, 3.8) is 0 Å². The van der Waals surface area contributed by atoms with Crippen LogP contribution in [0.3, 0.4) is 0 Å². The van der Waals surface area contributed by atoms with Crippen LogP contribution in [0.1, 0.15) is 17.3 Å². The van der Waals surface area contributed by atoms with Crippen LogP contribution in [-0.2, 0) is 4.74 Å². The Morgan fingerprint density at radius 2 is 2.28 bits per heavy atom. The van der Waals surface area contributed by atoms with Gasteiger partial charge in [0, 0.05) is 25.7 Å². The molecule has 1 unspecified atom stereocenters. The van der Waals surface area contributed by atoms with Gasteiger partial charge in [-0.2, -0.15) is 0 Å². The number of hydrogen-bond donors (Lipinski definition) is 1. The monoisotopic (exact) mass is 272 g/mol. The molecule has 1 fully saturated rings. The van der Waals surface area contributed by atoms with Crippen LogP contribution in [0.15, 0.2) is 16.7 Å². The maximum Gasteiger partial charge on any atom is 0.256 e. The first-order chi connectivity index (χ1) is 8.66. The molecule has 1 aromatic rings. The first-order valence-electron chi connectivity index (χ1n) is 6.01. The van der Waals surface area contributed by atoms with Crippen LogP contribution in [0, 0.1) is 0 Å². The number of furan rings is 1. The predicted octanol–water partition coefficient (Wildman–Crippen LogP) is 1.38. The fraction of sp³-hybridized carbons (Fsp3) is 0.583. The highest BCUT2D eigenvalue weighted by Crippen LogP contribution is 2.16. The lowest BCUT2D eigenvalue weighted by molar-refractivity contribution is 0.0342. The van der Waals surface area contributed by atoms with Crippen molar-refractivity contribution in [2.24, 2.45) is 0 Å². The van der Waals surface area contributed by atoms with E-state index < -0.39 is 0 Å². The quantitative estimate of drug-likeness (QED) is 0.900. The number of hydrogen-bond acceptors (Lipinski definition) is 4. The van der Waals surface area contributed by atoms with Crippen LogP contribution >= 0.6 is 11.6 Å². The lowest BCUT2D eigenvalue weighted by atomic mass is 10.2. The molecule has 6 heteroatoms.